The van der Waals surface area contributed by atoms with E-state index in [1.165, 1.54) is 11.1 Å². The van der Waals surface area contributed by atoms with Gasteiger partial charge >= 0.3 is 0 Å². The average Bonchev–Trinajstić information content (AvgIpc) is 2.49. The summed E-state index contributed by atoms with van der Waals surface area (Å²) in [6, 6.07) is 14.2. The van der Waals surface area contributed by atoms with Gasteiger partial charge in [-0.1, -0.05) is 29.8 Å². The minimum atomic E-state index is 0.0821. The number of hydrogen-bond acceptors (Lipinski definition) is 3. The van der Waals surface area contributed by atoms with Crippen molar-refractivity contribution in [1.29, 1.82) is 0 Å². The van der Waals surface area contributed by atoms with E-state index < -0.39 is 0 Å². The lowest BCUT2D eigenvalue weighted by molar-refractivity contribution is 0.101. The minimum absolute atomic E-state index is 0.0821. The zero-order valence-corrected chi connectivity index (χ0v) is 12.4. The lowest BCUT2D eigenvalue weighted by atomic mass is 10.1. The lowest BCUT2D eigenvalue weighted by Crippen LogP contribution is -2.32. The number of nitrogens with zero attached hydrogens (tertiary/aromatic N) is 1. The molecule has 0 spiro atoms. The molecule has 0 bridgehead atoms. The van der Waals surface area contributed by atoms with E-state index in [2.05, 4.69) is 36.1 Å². The summed E-state index contributed by atoms with van der Waals surface area (Å²) in [5, 5.41) is 0. The fourth-order valence-corrected chi connectivity index (χ4v) is 2.57. The Labute approximate surface area is 125 Å². The number of ketones is 1. The van der Waals surface area contributed by atoms with Crippen LogP contribution in [0.5, 0.6) is 5.75 Å². The molecule has 0 N–H and O–H groups in total. The molecule has 2 aromatic rings. The third-order valence-corrected chi connectivity index (χ3v) is 3.82. The Morgan fingerprint density at radius 3 is 2.67 bits per heavy atom. The van der Waals surface area contributed by atoms with Crippen LogP contribution in [-0.2, 0) is 6.54 Å². The predicted octanol–water partition coefficient (Wildman–Crippen LogP) is 3.60. The number of fused-ring (bicyclic) bond motifs is 1. The molecule has 0 saturated heterocycles. The standard InChI is InChI=1S/C18H19NO2/c1-13-3-5-15(6-4-13)12-19-9-10-21-18-8-7-16(14(2)20)11-17(18)19/h3-8,11H,9-10,12H2,1-2H3. The van der Waals surface area contributed by atoms with Crippen molar-refractivity contribution < 1.29 is 9.53 Å². The normalized spacial score (nSPS) is 13.5. The molecule has 2 aromatic carbocycles. The second-order valence-electron chi connectivity index (χ2n) is 5.49. The van der Waals surface area contributed by atoms with Gasteiger partial charge in [0, 0.05) is 12.1 Å². The van der Waals surface area contributed by atoms with Crippen molar-refractivity contribution in [3.63, 3.8) is 0 Å². The van der Waals surface area contributed by atoms with E-state index in [1.54, 1.807) is 6.92 Å². The lowest BCUT2D eigenvalue weighted by Gasteiger charge is -2.31. The molecule has 21 heavy (non-hydrogen) atoms. The topological polar surface area (TPSA) is 29.5 Å². The molecule has 0 unspecified atom stereocenters. The van der Waals surface area contributed by atoms with E-state index >= 15 is 0 Å². The number of carbonyl (C=O) groups excluding carboxylic acids is 1. The summed E-state index contributed by atoms with van der Waals surface area (Å²) in [4.78, 5) is 13.8. The van der Waals surface area contributed by atoms with Gasteiger partial charge in [-0.25, -0.2) is 0 Å². The van der Waals surface area contributed by atoms with Gasteiger partial charge in [-0.3, -0.25) is 4.79 Å². The van der Waals surface area contributed by atoms with Crippen molar-refractivity contribution >= 4 is 11.5 Å². The number of aryl methyl sites for hydroxylation is 1. The highest BCUT2D eigenvalue weighted by Gasteiger charge is 2.19. The fraction of sp³-hybridized carbons (Fsp3) is 0.278. The van der Waals surface area contributed by atoms with E-state index in [9.17, 15) is 4.79 Å². The molecule has 1 aliphatic heterocycles. The van der Waals surface area contributed by atoms with Gasteiger partial charge in [0.05, 0.1) is 12.2 Å². The van der Waals surface area contributed by atoms with Gasteiger partial charge in [0.1, 0.15) is 12.4 Å². The number of rotatable bonds is 3. The first kappa shape index (κ1) is 13.7. The molecule has 0 amide bonds. The Bertz CT molecular complexity index is 661. The maximum atomic E-state index is 11.6. The van der Waals surface area contributed by atoms with Gasteiger partial charge in [-0.05, 0) is 37.6 Å². The Morgan fingerprint density at radius 1 is 1.19 bits per heavy atom. The summed E-state index contributed by atoms with van der Waals surface area (Å²) in [6.45, 7) is 6.03. The maximum absolute atomic E-state index is 11.6. The van der Waals surface area contributed by atoms with Crippen LogP contribution in [0.3, 0.4) is 0 Å². The molecule has 3 rings (SSSR count). The molecule has 0 saturated carbocycles. The van der Waals surface area contributed by atoms with Gasteiger partial charge in [-0.2, -0.15) is 0 Å². The number of benzene rings is 2. The zero-order chi connectivity index (χ0) is 14.8. The molecule has 0 aromatic heterocycles. The highest BCUT2D eigenvalue weighted by molar-refractivity contribution is 5.95. The number of anilines is 1. The van der Waals surface area contributed by atoms with Crippen molar-refractivity contribution in [1.82, 2.24) is 0 Å². The van der Waals surface area contributed by atoms with E-state index in [0.29, 0.717) is 6.61 Å². The monoisotopic (exact) mass is 281 g/mol. The van der Waals surface area contributed by atoms with Gasteiger partial charge in [-0.15, -0.1) is 0 Å². The van der Waals surface area contributed by atoms with Crippen LogP contribution in [0.25, 0.3) is 0 Å². The number of Topliss-reactive ketones (excluding diaryl/α,β-unsaturated/α-hetero) is 1. The summed E-state index contributed by atoms with van der Waals surface area (Å²) >= 11 is 0. The highest BCUT2D eigenvalue weighted by atomic mass is 16.5. The Hall–Kier alpha value is -2.29. The smallest absolute Gasteiger partial charge is 0.159 e. The van der Waals surface area contributed by atoms with Gasteiger partial charge in [0.15, 0.2) is 5.78 Å². The summed E-state index contributed by atoms with van der Waals surface area (Å²) in [5.74, 6) is 0.942. The quantitative estimate of drug-likeness (QED) is 0.805. The van der Waals surface area contributed by atoms with Crippen molar-refractivity contribution in [2.75, 3.05) is 18.1 Å². The average molecular weight is 281 g/mol. The van der Waals surface area contributed by atoms with E-state index in [1.807, 2.05) is 18.2 Å². The molecule has 108 valence electrons. The molecule has 0 fully saturated rings. The van der Waals surface area contributed by atoms with Crippen LogP contribution in [0, 0.1) is 6.92 Å². The minimum Gasteiger partial charge on any atom is -0.490 e. The van der Waals surface area contributed by atoms with Crippen LogP contribution in [0.4, 0.5) is 5.69 Å². The molecule has 1 heterocycles. The van der Waals surface area contributed by atoms with Crippen LogP contribution in [0.1, 0.15) is 28.4 Å². The number of ether oxygens (including phenoxy) is 1. The first-order chi connectivity index (χ1) is 10.1. The maximum Gasteiger partial charge on any atom is 0.159 e. The molecular formula is C18H19NO2. The zero-order valence-electron chi connectivity index (χ0n) is 12.4. The van der Waals surface area contributed by atoms with Crippen LogP contribution in [-0.4, -0.2) is 18.9 Å². The Balaban J connectivity index is 1.90. The largest absolute Gasteiger partial charge is 0.490 e. The van der Waals surface area contributed by atoms with Crippen LogP contribution < -0.4 is 9.64 Å². The summed E-state index contributed by atoms with van der Waals surface area (Å²) in [6.07, 6.45) is 0. The number of carbonyl (C=O) groups is 1. The Morgan fingerprint density at radius 2 is 1.95 bits per heavy atom. The van der Waals surface area contributed by atoms with Gasteiger partial charge in [0.25, 0.3) is 0 Å². The fourth-order valence-electron chi connectivity index (χ4n) is 2.57. The molecular weight excluding hydrogens is 262 g/mol. The first-order valence-corrected chi connectivity index (χ1v) is 7.22. The van der Waals surface area contributed by atoms with Crippen molar-refractivity contribution in [3.05, 3.63) is 59.2 Å². The molecule has 3 nitrogen and oxygen atoms in total. The van der Waals surface area contributed by atoms with Gasteiger partial charge in [0.2, 0.25) is 0 Å². The van der Waals surface area contributed by atoms with Crippen LogP contribution in [0.2, 0.25) is 0 Å². The van der Waals surface area contributed by atoms with Gasteiger partial charge < -0.3 is 9.64 Å². The van der Waals surface area contributed by atoms with Crippen molar-refractivity contribution in [2.45, 2.75) is 20.4 Å². The summed E-state index contributed by atoms with van der Waals surface area (Å²) in [7, 11) is 0. The third kappa shape index (κ3) is 2.92. The highest BCUT2D eigenvalue weighted by Crippen LogP contribution is 2.33. The van der Waals surface area contributed by atoms with E-state index in [4.69, 9.17) is 4.74 Å². The molecule has 0 radical (unpaired) electrons. The summed E-state index contributed by atoms with van der Waals surface area (Å²) in [5.41, 5.74) is 4.27. The number of hydrogen-bond donors (Lipinski definition) is 0. The van der Waals surface area contributed by atoms with E-state index in [-0.39, 0.29) is 5.78 Å². The predicted molar refractivity (Wildman–Crippen MR) is 84.2 cm³/mol. The second kappa shape index (κ2) is 5.60. The molecule has 0 atom stereocenters. The third-order valence-electron chi connectivity index (χ3n) is 3.82. The molecule has 3 heteroatoms. The van der Waals surface area contributed by atoms with Crippen molar-refractivity contribution in [2.24, 2.45) is 0 Å². The Kier molecular flexibility index (Phi) is 3.65. The SMILES string of the molecule is CC(=O)c1ccc2c(c1)N(Cc1ccc(C)cc1)CCO2. The summed E-state index contributed by atoms with van der Waals surface area (Å²) < 4.78 is 5.69. The second-order valence-corrected chi connectivity index (χ2v) is 5.49. The van der Waals surface area contributed by atoms with E-state index in [0.717, 1.165) is 30.1 Å². The van der Waals surface area contributed by atoms with Crippen LogP contribution >= 0.6 is 0 Å². The van der Waals surface area contributed by atoms with Crippen molar-refractivity contribution in [3.8, 4) is 5.75 Å². The van der Waals surface area contributed by atoms with Crippen LogP contribution in [0.15, 0.2) is 42.5 Å². The molecule has 1 aliphatic rings. The molecule has 0 aliphatic carbocycles. The first-order valence-electron chi connectivity index (χ1n) is 7.22.